The van der Waals surface area contributed by atoms with E-state index < -0.39 is 11.6 Å². The third-order valence-electron chi connectivity index (χ3n) is 6.02. The van der Waals surface area contributed by atoms with Crippen molar-refractivity contribution in [2.45, 2.75) is 32.2 Å². The smallest absolute Gasteiger partial charge is 0.199 e. The van der Waals surface area contributed by atoms with Crippen molar-refractivity contribution in [1.82, 2.24) is 14.9 Å². The Labute approximate surface area is 197 Å². The van der Waals surface area contributed by atoms with Gasteiger partial charge in [-0.25, -0.2) is 9.37 Å². The number of hydrogen-bond acceptors (Lipinski definition) is 5. The van der Waals surface area contributed by atoms with Gasteiger partial charge in [0.15, 0.2) is 11.6 Å². The number of H-pyrrole nitrogens is 1. The number of benzene rings is 1. The minimum absolute atomic E-state index is 0.0391. The summed E-state index contributed by atoms with van der Waals surface area (Å²) in [4.78, 5) is 35.1. The van der Waals surface area contributed by atoms with Crippen molar-refractivity contribution >= 4 is 29.0 Å². The number of carbonyl (C=O) groups excluding carboxylic acids is 2. The summed E-state index contributed by atoms with van der Waals surface area (Å²) in [5.41, 5.74) is 1.36. The highest BCUT2D eigenvalue weighted by molar-refractivity contribution is 6.35. The summed E-state index contributed by atoms with van der Waals surface area (Å²) in [5, 5.41) is 3.49. The van der Waals surface area contributed by atoms with Crippen LogP contribution in [0.2, 0.25) is 5.02 Å². The lowest BCUT2D eigenvalue weighted by molar-refractivity contribution is 0.0988. The molecule has 0 radical (unpaired) electrons. The Hall–Kier alpha value is -3.03. The monoisotopic (exact) mass is 468 g/mol. The Morgan fingerprint density at radius 2 is 2.00 bits per heavy atom. The van der Waals surface area contributed by atoms with Crippen molar-refractivity contribution in [2.75, 3.05) is 25.5 Å². The molecular weight excluding hydrogens is 443 g/mol. The lowest BCUT2D eigenvalue weighted by Crippen LogP contribution is -2.36. The predicted molar refractivity (Wildman–Crippen MR) is 127 cm³/mol. The van der Waals surface area contributed by atoms with Crippen molar-refractivity contribution < 1.29 is 14.0 Å². The van der Waals surface area contributed by atoms with E-state index in [9.17, 15) is 14.0 Å². The van der Waals surface area contributed by atoms with Gasteiger partial charge in [0.1, 0.15) is 11.6 Å². The second kappa shape index (κ2) is 9.85. The molecular formula is C25H26ClFN4O2. The number of carbonyl (C=O) groups is 2. The van der Waals surface area contributed by atoms with E-state index in [1.807, 2.05) is 12.1 Å². The van der Waals surface area contributed by atoms with Crippen LogP contribution in [-0.4, -0.2) is 52.6 Å². The highest BCUT2D eigenvalue weighted by atomic mass is 35.5. The maximum Gasteiger partial charge on any atom is 0.199 e. The number of halogens is 2. The second-order valence-electron chi connectivity index (χ2n) is 8.56. The minimum Gasteiger partial charge on any atom is -0.367 e. The van der Waals surface area contributed by atoms with Gasteiger partial charge in [0.2, 0.25) is 0 Å². The molecule has 33 heavy (non-hydrogen) atoms. The van der Waals surface area contributed by atoms with Crippen molar-refractivity contribution in [3.63, 3.8) is 0 Å². The van der Waals surface area contributed by atoms with E-state index in [-0.39, 0.29) is 34.0 Å². The molecule has 0 atom stereocenters. The van der Waals surface area contributed by atoms with E-state index in [2.05, 4.69) is 27.2 Å². The van der Waals surface area contributed by atoms with Crippen LogP contribution < -0.4 is 5.32 Å². The average Bonchev–Trinajstić information content (AvgIpc) is 3.30. The first-order valence-corrected chi connectivity index (χ1v) is 11.3. The Bertz CT molecular complexity index is 1170. The van der Waals surface area contributed by atoms with Gasteiger partial charge in [0, 0.05) is 30.4 Å². The highest BCUT2D eigenvalue weighted by Crippen LogP contribution is 2.25. The number of ketones is 2. The molecule has 0 aliphatic carbocycles. The first-order chi connectivity index (χ1) is 15.8. The van der Waals surface area contributed by atoms with Gasteiger partial charge in [-0.2, -0.15) is 0 Å². The Kier molecular flexibility index (Phi) is 6.91. The predicted octanol–water partition coefficient (Wildman–Crippen LogP) is 4.67. The van der Waals surface area contributed by atoms with E-state index >= 15 is 0 Å². The fourth-order valence-electron chi connectivity index (χ4n) is 3.95. The van der Waals surface area contributed by atoms with Crippen LogP contribution in [0.4, 0.5) is 10.2 Å². The van der Waals surface area contributed by atoms with Crippen LogP contribution in [0.1, 0.15) is 50.4 Å². The third kappa shape index (κ3) is 5.31. The number of pyridine rings is 1. The van der Waals surface area contributed by atoms with Crippen LogP contribution >= 0.6 is 11.6 Å². The minimum atomic E-state index is -0.651. The number of aromatic nitrogens is 2. The summed E-state index contributed by atoms with van der Waals surface area (Å²) in [7, 11) is 2.12. The molecule has 1 aromatic carbocycles. The zero-order valence-electron chi connectivity index (χ0n) is 18.6. The van der Waals surface area contributed by atoms with Crippen molar-refractivity contribution in [1.29, 1.82) is 0 Å². The van der Waals surface area contributed by atoms with Gasteiger partial charge < -0.3 is 15.2 Å². The number of piperidine rings is 1. The van der Waals surface area contributed by atoms with E-state index in [0.717, 1.165) is 37.3 Å². The number of hydrogen-bond donors (Lipinski definition) is 2. The van der Waals surface area contributed by atoms with Gasteiger partial charge in [-0.3, -0.25) is 9.59 Å². The molecule has 3 aromatic rings. The molecule has 1 saturated heterocycles. The topological polar surface area (TPSA) is 78.1 Å². The second-order valence-corrected chi connectivity index (χ2v) is 8.97. The number of nitrogens with zero attached hydrogens (tertiary/aromatic N) is 2. The summed E-state index contributed by atoms with van der Waals surface area (Å²) in [6.45, 7) is 3.69. The first-order valence-electron chi connectivity index (χ1n) is 10.9. The van der Waals surface area contributed by atoms with Crippen LogP contribution in [0.15, 0.2) is 42.7 Å². The quantitative estimate of drug-likeness (QED) is 0.492. The molecule has 0 saturated carbocycles. The van der Waals surface area contributed by atoms with Crippen molar-refractivity contribution in [2.24, 2.45) is 0 Å². The Morgan fingerprint density at radius 3 is 2.70 bits per heavy atom. The number of aryl methyl sites for hydroxylation is 1. The maximum atomic E-state index is 14.5. The summed E-state index contributed by atoms with van der Waals surface area (Å²) < 4.78 is 14.5. The first kappa shape index (κ1) is 23.1. The number of rotatable bonds is 7. The van der Waals surface area contributed by atoms with Gasteiger partial charge in [-0.15, -0.1) is 0 Å². The van der Waals surface area contributed by atoms with Gasteiger partial charge in [0.25, 0.3) is 0 Å². The van der Waals surface area contributed by atoms with Crippen LogP contribution in [0.25, 0.3) is 0 Å². The Morgan fingerprint density at radius 1 is 1.24 bits per heavy atom. The maximum absolute atomic E-state index is 14.5. The van der Waals surface area contributed by atoms with Crippen molar-refractivity contribution in [3.05, 3.63) is 81.5 Å². The SMILES string of the molecule is Cc1ccc(Cl)c(C(=O)c2c[nH]c(C(=O)Cc3ccc(NC4CCN(C)CC4)nc3)c2)c1F. The fourth-order valence-corrected chi connectivity index (χ4v) is 4.18. The normalized spacial score (nSPS) is 14.9. The molecule has 0 spiro atoms. The van der Waals surface area contributed by atoms with Crippen LogP contribution in [0, 0.1) is 12.7 Å². The Balaban J connectivity index is 1.40. The summed E-state index contributed by atoms with van der Waals surface area (Å²) in [6.07, 6.45) is 5.37. The molecule has 2 aromatic heterocycles. The number of aromatic amines is 1. The molecule has 1 aliphatic heterocycles. The molecule has 1 aliphatic rings. The van der Waals surface area contributed by atoms with Gasteiger partial charge in [0.05, 0.1) is 16.3 Å². The van der Waals surface area contributed by atoms with E-state index in [4.69, 9.17) is 11.6 Å². The van der Waals surface area contributed by atoms with Crippen molar-refractivity contribution in [3.8, 4) is 0 Å². The standard InChI is InChI=1S/C25H26ClFN4O2/c1-15-3-5-19(26)23(24(15)27)25(33)17-12-20(28-14-17)21(32)11-16-4-6-22(29-13-16)30-18-7-9-31(2)10-8-18/h3-6,12-14,18,28H,7-11H2,1-2H3,(H,29,30). The van der Waals surface area contributed by atoms with E-state index in [0.29, 0.717) is 11.6 Å². The fraction of sp³-hybridized carbons (Fsp3) is 0.320. The van der Waals surface area contributed by atoms with Crippen LogP contribution in [-0.2, 0) is 6.42 Å². The van der Waals surface area contributed by atoms with E-state index in [1.54, 1.807) is 13.1 Å². The van der Waals surface area contributed by atoms with Gasteiger partial charge in [-0.05, 0) is 69.2 Å². The number of likely N-dealkylation sites (tertiary alicyclic amines) is 1. The van der Waals surface area contributed by atoms with E-state index in [1.165, 1.54) is 24.4 Å². The van der Waals surface area contributed by atoms with Crippen LogP contribution in [0.5, 0.6) is 0 Å². The lowest BCUT2D eigenvalue weighted by atomic mass is 10.0. The molecule has 0 amide bonds. The number of nitrogens with one attached hydrogen (secondary N) is 2. The molecule has 0 unspecified atom stereocenters. The number of Topliss-reactive ketones (excluding diaryl/α,β-unsaturated/α-hetero) is 1. The number of anilines is 1. The zero-order valence-corrected chi connectivity index (χ0v) is 19.4. The molecule has 8 heteroatoms. The lowest BCUT2D eigenvalue weighted by Gasteiger charge is -2.29. The summed E-state index contributed by atoms with van der Waals surface area (Å²) in [6, 6.07) is 8.61. The molecule has 1 fully saturated rings. The third-order valence-corrected chi connectivity index (χ3v) is 6.33. The van der Waals surface area contributed by atoms with Gasteiger partial charge in [-0.1, -0.05) is 23.7 Å². The largest absolute Gasteiger partial charge is 0.367 e. The molecule has 172 valence electrons. The summed E-state index contributed by atoms with van der Waals surface area (Å²) >= 11 is 6.05. The molecule has 3 heterocycles. The molecule has 6 nitrogen and oxygen atoms in total. The molecule has 4 rings (SSSR count). The average molecular weight is 469 g/mol. The zero-order chi connectivity index (χ0) is 23.5. The summed E-state index contributed by atoms with van der Waals surface area (Å²) in [5.74, 6) is -0.614. The van der Waals surface area contributed by atoms with Gasteiger partial charge >= 0.3 is 0 Å². The molecule has 0 bridgehead atoms. The highest BCUT2D eigenvalue weighted by Gasteiger charge is 2.22. The van der Waals surface area contributed by atoms with Crippen LogP contribution in [0.3, 0.4) is 0 Å². The molecule has 2 N–H and O–H groups in total.